The van der Waals surface area contributed by atoms with Crippen LogP contribution in [-0.4, -0.2) is 17.8 Å². The van der Waals surface area contributed by atoms with E-state index in [-0.39, 0.29) is 0 Å². The fraction of sp³-hybridized carbons (Fsp3) is 0.667. The molecule has 0 aromatic heterocycles. The molecule has 0 aliphatic heterocycles. The summed E-state index contributed by atoms with van der Waals surface area (Å²) in [6, 6.07) is 7.50. The Bertz CT molecular complexity index is 389. The predicted octanol–water partition coefficient (Wildman–Crippen LogP) is 5.34. The van der Waals surface area contributed by atoms with Gasteiger partial charge in [-0.2, -0.15) is 0 Å². The van der Waals surface area contributed by atoms with Crippen molar-refractivity contribution in [2.24, 2.45) is 0 Å². The molecule has 1 nitrogen and oxygen atoms in total. The van der Waals surface area contributed by atoms with Gasteiger partial charge in [-0.1, -0.05) is 33.3 Å². The van der Waals surface area contributed by atoms with Gasteiger partial charge in [0, 0.05) is 16.2 Å². The summed E-state index contributed by atoms with van der Waals surface area (Å²) in [5, 5.41) is 4.42. The van der Waals surface area contributed by atoms with Crippen LogP contribution in [-0.2, 0) is 0 Å². The first-order valence-electron chi connectivity index (χ1n) is 8.09. The zero-order valence-electron chi connectivity index (χ0n) is 13.8. The summed E-state index contributed by atoms with van der Waals surface area (Å²) in [5.74, 6) is 0. The maximum absolute atomic E-state index is 3.75. The van der Waals surface area contributed by atoms with Crippen LogP contribution in [0, 0.1) is 13.8 Å². The third-order valence-corrected chi connectivity index (χ3v) is 5.36. The second kappa shape index (κ2) is 9.46. The summed E-state index contributed by atoms with van der Waals surface area (Å²) < 4.78 is 0. The van der Waals surface area contributed by atoms with Crippen LogP contribution in [0.15, 0.2) is 23.1 Å². The Labute approximate surface area is 129 Å². The molecule has 1 aromatic carbocycles. The second-order valence-corrected chi connectivity index (χ2v) is 6.97. The number of hydrogen-bond donors (Lipinski definition) is 1. The quantitative estimate of drug-likeness (QED) is 0.617. The van der Waals surface area contributed by atoms with Gasteiger partial charge in [0.05, 0.1) is 0 Å². The average molecular weight is 294 g/mol. The predicted molar refractivity (Wildman–Crippen MR) is 92.8 cm³/mol. The van der Waals surface area contributed by atoms with Crippen molar-refractivity contribution in [1.29, 1.82) is 0 Å². The van der Waals surface area contributed by atoms with Crippen LogP contribution in [0.5, 0.6) is 0 Å². The van der Waals surface area contributed by atoms with Crippen molar-refractivity contribution in [2.75, 3.05) is 6.54 Å². The van der Waals surface area contributed by atoms with Gasteiger partial charge in [0.1, 0.15) is 0 Å². The molecule has 114 valence electrons. The maximum atomic E-state index is 3.75. The van der Waals surface area contributed by atoms with Crippen LogP contribution < -0.4 is 5.32 Å². The van der Waals surface area contributed by atoms with Crippen LogP contribution in [0.1, 0.15) is 57.6 Å². The standard InChI is InChI=1S/C18H31NS/c1-6-9-17(19-12-7-2)18(8-3)20-16-11-10-14(4)15(5)13-16/h10-11,13,17-19H,6-9,12H2,1-5H3. The van der Waals surface area contributed by atoms with E-state index in [0.717, 1.165) is 6.54 Å². The van der Waals surface area contributed by atoms with E-state index in [1.807, 2.05) is 11.8 Å². The molecule has 1 N–H and O–H groups in total. The first-order chi connectivity index (χ1) is 9.62. The summed E-state index contributed by atoms with van der Waals surface area (Å²) in [4.78, 5) is 1.42. The van der Waals surface area contributed by atoms with Crippen molar-refractivity contribution in [3.05, 3.63) is 29.3 Å². The van der Waals surface area contributed by atoms with Gasteiger partial charge in [0.25, 0.3) is 0 Å². The van der Waals surface area contributed by atoms with E-state index in [4.69, 9.17) is 0 Å². The monoisotopic (exact) mass is 293 g/mol. The number of rotatable bonds is 9. The Morgan fingerprint density at radius 3 is 2.35 bits per heavy atom. The van der Waals surface area contributed by atoms with E-state index in [0.29, 0.717) is 11.3 Å². The molecule has 2 atom stereocenters. The molecule has 2 heteroatoms. The van der Waals surface area contributed by atoms with Gasteiger partial charge in [0.15, 0.2) is 0 Å². The lowest BCUT2D eigenvalue weighted by Gasteiger charge is -2.27. The molecule has 0 aliphatic rings. The molecule has 0 amide bonds. The normalized spacial score (nSPS) is 14.2. The first-order valence-corrected chi connectivity index (χ1v) is 8.97. The molecule has 1 rings (SSSR count). The SMILES string of the molecule is CCCNC(CCC)C(CC)Sc1ccc(C)c(C)c1. The Hall–Kier alpha value is -0.470. The van der Waals surface area contributed by atoms with Crippen LogP contribution in [0.4, 0.5) is 0 Å². The third-order valence-electron chi connectivity index (χ3n) is 3.87. The van der Waals surface area contributed by atoms with Crippen molar-refractivity contribution in [3.8, 4) is 0 Å². The van der Waals surface area contributed by atoms with Crippen molar-refractivity contribution >= 4 is 11.8 Å². The summed E-state index contributed by atoms with van der Waals surface area (Å²) in [5.41, 5.74) is 2.79. The van der Waals surface area contributed by atoms with Gasteiger partial charge < -0.3 is 5.32 Å². The van der Waals surface area contributed by atoms with Gasteiger partial charge in [-0.05, 0) is 62.9 Å². The minimum atomic E-state index is 0.636. The summed E-state index contributed by atoms with van der Waals surface area (Å²) >= 11 is 2.05. The van der Waals surface area contributed by atoms with E-state index in [1.54, 1.807) is 0 Å². The van der Waals surface area contributed by atoms with Crippen LogP contribution in [0.3, 0.4) is 0 Å². The topological polar surface area (TPSA) is 12.0 Å². The van der Waals surface area contributed by atoms with Gasteiger partial charge in [-0.15, -0.1) is 11.8 Å². The Morgan fingerprint density at radius 1 is 1.05 bits per heavy atom. The molecule has 0 fully saturated rings. The molecule has 0 aliphatic carbocycles. The lowest BCUT2D eigenvalue weighted by atomic mass is 10.1. The maximum Gasteiger partial charge on any atom is 0.0245 e. The molecule has 0 spiro atoms. The molecule has 0 saturated heterocycles. The zero-order valence-corrected chi connectivity index (χ0v) is 14.6. The molecule has 1 aromatic rings. The number of hydrogen-bond acceptors (Lipinski definition) is 2. The number of aryl methyl sites for hydroxylation is 2. The molecule has 0 bridgehead atoms. The lowest BCUT2D eigenvalue weighted by Crippen LogP contribution is -2.38. The highest BCUT2D eigenvalue weighted by atomic mass is 32.2. The summed E-state index contributed by atoms with van der Waals surface area (Å²) in [6.07, 6.45) is 4.96. The second-order valence-electron chi connectivity index (χ2n) is 5.66. The van der Waals surface area contributed by atoms with Crippen LogP contribution in [0.2, 0.25) is 0 Å². The molecule has 0 radical (unpaired) electrons. The fourth-order valence-corrected chi connectivity index (χ4v) is 3.78. The molecule has 2 unspecified atom stereocenters. The molecular weight excluding hydrogens is 262 g/mol. The van der Waals surface area contributed by atoms with E-state index < -0.39 is 0 Å². The average Bonchev–Trinajstić information content (AvgIpc) is 2.45. The number of nitrogens with one attached hydrogen (secondary N) is 1. The lowest BCUT2D eigenvalue weighted by molar-refractivity contribution is 0.454. The van der Waals surface area contributed by atoms with E-state index >= 15 is 0 Å². The van der Waals surface area contributed by atoms with Gasteiger partial charge in [-0.25, -0.2) is 0 Å². The van der Waals surface area contributed by atoms with Gasteiger partial charge >= 0.3 is 0 Å². The summed E-state index contributed by atoms with van der Waals surface area (Å²) in [6.45, 7) is 12.4. The largest absolute Gasteiger partial charge is 0.313 e. The minimum Gasteiger partial charge on any atom is -0.313 e. The third kappa shape index (κ3) is 5.49. The van der Waals surface area contributed by atoms with Crippen LogP contribution >= 0.6 is 11.8 Å². The van der Waals surface area contributed by atoms with Crippen molar-refractivity contribution in [3.63, 3.8) is 0 Å². The van der Waals surface area contributed by atoms with Crippen molar-refractivity contribution < 1.29 is 0 Å². The van der Waals surface area contributed by atoms with Crippen molar-refractivity contribution in [1.82, 2.24) is 5.32 Å². The smallest absolute Gasteiger partial charge is 0.0245 e. The van der Waals surface area contributed by atoms with E-state index in [2.05, 4.69) is 58.1 Å². The zero-order chi connectivity index (χ0) is 15.0. The molecular formula is C18H31NS. The van der Waals surface area contributed by atoms with E-state index in [1.165, 1.54) is 41.7 Å². The minimum absolute atomic E-state index is 0.636. The molecule has 20 heavy (non-hydrogen) atoms. The van der Waals surface area contributed by atoms with Crippen LogP contribution in [0.25, 0.3) is 0 Å². The highest BCUT2D eigenvalue weighted by Gasteiger charge is 2.19. The highest BCUT2D eigenvalue weighted by molar-refractivity contribution is 8.00. The molecule has 0 saturated carbocycles. The van der Waals surface area contributed by atoms with Gasteiger partial charge in [-0.3, -0.25) is 0 Å². The van der Waals surface area contributed by atoms with Crippen molar-refractivity contribution in [2.45, 2.75) is 76.5 Å². The molecule has 0 heterocycles. The van der Waals surface area contributed by atoms with E-state index in [9.17, 15) is 0 Å². The Balaban J connectivity index is 2.73. The van der Waals surface area contributed by atoms with Gasteiger partial charge in [0.2, 0.25) is 0 Å². The first kappa shape index (κ1) is 17.6. The number of benzene rings is 1. The summed E-state index contributed by atoms with van der Waals surface area (Å²) in [7, 11) is 0. The fourth-order valence-electron chi connectivity index (χ4n) is 2.47. The number of thioether (sulfide) groups is 1. The Morgan fingerprint density at radius 2 is 1.80 bits per heavy atom. The Kier molecular flexibility index (Phi) is 8.32. The highest BCUT2D eigenvalue weighted by Crippen LogP contribution is 2.30.